The standard InChI is InChI=1S/C18H16O3/c1-20-14-6-3-12(4-7-14)16-9-5-13-11-15(21-2)8-10-17(13)18(16)19/h3-11,19H,1-2H3. The van der Waals surface area contributed by atoms with Crippen molar-refractivity contribution in [3.63, 3.8) is 0 Å². The van der Waals surface area contributed by atoms with Crippen LogP contribution in [-0.4, -0.2) is 19.3 Å². The molecule has 0 aliphatic rings. The molecule has 0 spiro atoms. The summed E-state index contributed by atoms with van der Waals surface area (Å²) in [4.78, 5) is 0. The molecule has 0 aliphatic heterocycles. The van der Waals surface area contributed by atoms with Crippen LogP contribution in [-0.2, 0) is 0 Å². The van der Waals surface area contributed by atoms with Gasteiger partial charge in [0.15, 0.2) is 0 Å². The number of phenols is 1. The summed E-state index contributed by atoms with van der Waals surface area (Å²) in [5, 5.41) is 12.3. The van der Waals surface area contributed by atoms with Crippen LogP contribution in [0.3, 0.4) is 0 Å². The van der Waals surface area contributed by atoms with E-state index >= 15 is 0 Å². The highest BCUT2D eigenvalue weighted by molar-refractivity contribution is 5.95. The SMILES string of the molecule is COc1ccc(-c2ccc3cc(OC)ccc3c2O)cc1. The molecule has 0 amide bonds. The van der Waals surface area contributed by atoms with Crippen molar-refractivity contribution in [2.75, 3.05) is 14.2 Å². The van der Waals surface area contributed by atoms with Gasteiger partial charge in [0.1, 0.15) is 17.2 Å². The molecule has 3 aromatic carbocycles. The van der Waals surface area contributed by atoms with Gasteiger partial charge in [-0.3, -0.25) is 0 Å². The molecule has 106 valence electrons. The largest absolute Gasteiger partial charge is 0.507 e. The van der Waals surface area contributed by atoms with Gasteiger partial charge < -0.3 is 14.6 Å². The predicted octanol–water partition coefficient (Wildman–Crippen LogP) is 4.23. The molecule has 21 heavy (non-hydrogen) atoms. The molecule has 3 nitrogen and oxygen atoms in total. The van der Waals surface area contributed by atoms with Gasteiger partial charge in [0.05, 0.1) is 14.2 Å². The van der Waals surface area contributed by atoms with Crippen LogP contribution in [0.1, 0.15) is 0 Å². The zero-order valence-corrected chi connectivity index (χ0v) is 12.0. The van der Waals surface area contributed by atoms with Crippen LogP contribution < -0.4 is 9.47 Å². The third kappa shape index (κ3) is 2.38. The first-order valence-corrected chi connectivity index (χ1v) is 6.67. The number of aromatic hydroxyl groups is 1. The van der Waals surface area contributed by atoms with Crippen molar-refractivity contribution in [1.82, 2.24) is 0 Å². The van der Waals surface area contributed by atoms with E-state index in [0.717, 1.165) is 33.4 Å². The lowest BCUT2D eigenvalue weighted by molar-refractivity contribution is 0.415. The van der Waals surface area contributed by atoms with Crippen LogP contribution in [0.15, 0.2) is 54.6 Å². The Morgan fingerprint density at radius 2 is 1.43 bits per heavy atom. The number of ether oxygens (including phenoxy) is 2. The summed E-state index contributed by atoms with van der Waals surface area (Å²) < 4.78 is 10.4. The van der Waals surface area contributed by atoms with Gasteiger partial charge in [0.2, 0.25) is 0 Å². The number of phenolic OH excluding ortho intramolecular Hbond substituents is 1. The second kappa shape index (κ2) is 5.37. The zero-order chi connectivity index (χ0) is 14.8. The van der Waals surface area contributed by atoms with Crippen LogP contribution in [0.4, 0.5) is 0 Å². The summed E-state index contributed by atoms with van der Waals surface area (Å²) in [5.74, 6) is 1.85. The lowest BCUT2D eigenvalue weighted by atomic mass is 9.99. The Balaban J connectivity index is 2.12. The third-order valence-corrected chi connectivity index (χ3v) is 3.60. The molecule has 0 radical (unpaired) electrons. The molecule has 0 saturated carbocycles. The lowest BCUT2D eigenvalue weighted by Gasteiger charge is -2.10. The molecule has 0 bridgehead atoms. The van der Waals surface area contributed by atoms with E-state index in [2.05, 4.69) is 0 Å². The smallest absolute Gasteiger partial charge is 0.131 e. The molecule has 3 aromatic rings. The van der Waals surface area contributed by atoms with Crippen molar-refractivity contribution in [2.24, 2.45) is 0 Å². The maximum Gasteiger partial charge on any atom is 0.131 e. The van der Waals surface area contributed by atoms with Gasteiger partial charge in [-0.05, 0) is 41.3 Å². The Hall–Kier alpha value is -2.68. The molecule has 0 aromatic heterocycles. The van der Waals surface area contributed by atoms with Gasteiger partial charge in [0.25, 0.3) is 0 Å². The van der Waals surface area contributed by atoms with Crippen molar-refractivity contribution in [2.45, 2.75) is 0 Å². The number of methoxy groups -OCH3 is 2. The first-order chi connectivity index (χ1) is 10.2. The van der Waals surface area contributed by atoms with Crippen molar-refractivity contribution < 1.29 is 14.6 Å². The van der Waals surface area contributed by atoms with Crippen LogP contribution in [0.2, 0.25) is 0 Å². The highest BCUT2D eigenvalue weighted by Crippen LogP contribution is 2.37. The van der Waals surface area contributed by atoms with Gasteiger partial charge in [-0.25, -0.2) is 0 Å². The number of benzene rings is 3. The van der Waals surface area contributed by atoms with Gasteiger partial charge in [-0.2, -0.15) is 0 Å². The van der Waals surface area contributed by atoms with E-state index < -0.39 is 0 Å². The lowest BCUT2D eigenvalue weighted by Crippen LogP contribution is -1.86. The molecule has 0 saturated heterocycles. The molecular weight excluding hydrogens is 264 g/mol. The monoisotopic (exact) mass is 280 g/mol. The van der Waals surface area contributed by atoms with E-state index in [-0.39, 0.29) is 5.75 Å². The molecule has 0 unspecified atom stereocenters. The van der Waals surface area contributed by atoms with Crippen molar-refractivity contribution in [3.8, 4) is 28.4 Å². The van der Waals surface area contributed by atoms with Crippen molar-refractivity contribution in [3.05, 3.63) is 54.6 Å². The van der Waals surface area contributed by atoms with Crippen LogP contribution in [0.5, 0.6) is 17.2 Å². The van der Waals surface area contributed by atoms with Crippen LogP contribution >= 0.6 is 0 Å². The Kier molecular flexibility index (Phi) is 3.40. The number of fused-ring (bicyclic) bond motifs is 1. The predicted molar refractivity (Wildman–Crippen MR) is 84.2 cm³/mol. The summed E-state index contributed by atoms with van der Waals surface area (Å²) in [6.07, 6.45) is 0. The minimum Gasteiger partial charge on any atom is -0.507 e. The summed E-state index contributed by atoms with van der Waals surface area (Å²) in [7, 11) is 3.27. The minimum absolute atomic E-state index is 0.278. The van der Waals surface area contributed by atoms with Crippen molar-refractivity contribution in [1.29, 1.82) is 0 Å². The zero-order valence-electron chi connectivity index (χ0n) is 12.0. The maximum atomic E-state index is 10.5. The van der Waals surface area contributed by atoms with E-state index in [1.165, 1.54) is 0 Å². The summed E-state index contributed by atoms with van der Waals surface area (Å²) in [5.41, 5.74) is 1.75. The quantitative estimate of drug-likeness (QED) is 0.780. The second-order valence-corrected chi connectivity index (χ2v) is 4.78. The summed E-state index contributed by atoms with van der Waals surface area (Å²) in [6.45, 7) is 0. The van der Waals surface area contributed by atoms with Gasteiger partial charge in [-0.15, -0.1) is 0 Å². The normalized spacial score (nSPS) is 10.6. The van der Waals surface area contributed by atoms with Gasteiger partial charge in [0, 0.05) is 10.9 Å². The fraction of sp³-hybridized carbons (Fsp3) is 0.111. The number of hydrogen-bond acceptors (Lipinski definition) is 3. The average molecular weight is 280 g/mol. The fourth-order valence-electron chi connectivity index (χ4n) is 2.42. The summed E-state index contributed by atoms with van der Waals surface area (Å²) >= 11 is 0. The van der Waals surface area contributed by atoms with Gasteiger partial charge in [-0.1, -0.05) is 24.3 Å². The highest BCUT2D eigenvalue weighted by atomic mass is 16.5. The molecule has 3 heteroatoms. The van der Waals surface area contributed by atoms with Crippen LogP contribution in [0.25, 0.3) is 21.9 Å². The highest BCUT2D eigenvalue weighted by Gasteiger charge is 2.09. The van der Waals surface area contributed by atoms with Crippen LogP contribution in [0, 0.1) is 0 Å². The van der Waals surface area contributed by atoms with E-state index in [1.54, 1.807) is 14.2 Å². The molecule has 0 atom stereocenters. The number of rotatable bonds is 3. The van der Waals surface area contributed by atoms with E-state index in [9.17, 15) is 5.11 Å². The van der Waals surface area contributed by atoms with E-state index in [1.807, 2.05) is 54.6 Å². The summed E-state index contributed by atoms with van der Waals surface area (Å²) in [6, 6.07) is 17.2. The Labute approximate surface area is 123 Å². The molecule has 0 aliphatic carbocycles. The number of hydrogen-bond donors (Lipinski definition) is 1. The Morgan fingerprint density at radius 1 is 0.762 bits per heavy atom. The first-order valence-electron chi connectivity index (χ1n) is 6.67. The third-order valence-electron chi connectivity index (χ3n) is 3.60. The molecular formula is C18H16O3. The molecule has 1 N–H and O–H groups in total. The minimum atomic E-state index is 0.278. The maximum absolute atomic E-state index is 10.5. The second-order valence-electron chi connectivity index (χ2n) is 4.78. The molecule has 3 rings (SSSR count). The molecule has 0 heterocycles. The topological polar surface area (TPSA) is 38.7 Å². The van der Waals surface area contributed by atoms with E-state index in [0.29, 0.717) is 0 Å². The van der Waals surface area contributed by atoms with Crippen molar-refractivity contribution >= 4 is 10.8 Å². The Bertz CT molecular complexity index is 776. The van der Waals surface area contributed by atoms with Gasteiger partial charge >= 0.3 is 0 Å². The Morgan fingerprint density at radius 3 is 2.10 bits per heavy atom. The average Bonchev–Trinajstić information content (AvgIpc) is 2.55. The molecule has 0 fully saturated rings. The first kappa shape index (κ1) is 13.3. The fourth-order valence-corrected chi connectivity index (χ4v) is 2.42. The van der Waals surface area contributed by atoms with E-state index in [4.69, 9.17) is 9.47 Å².